The van der Waals surface area contributed by atoms with E-state index in [0.29, 0.717) is 17.1 Å². The summed E-state index contributed by atoms with van der Waals surface area (Å²) >= 11 is 1.39. The summed E-state index contributed by atoms with van der Waals surface area (Å²) in [5, 5.41) is 19.6. The first kappa shape index (κ1) is 10.3. The predicted octanol–water partition coefficient (Wildman–Crippen LogP) is 1.16. The summed E-state index contributed by atoms with van der Waals surface area (Å²) in [6.45, 7) is 3.25. The fourth-order valence-electron chi connectivity index (χ4n) is 1.77. The molecule has 3 N–H and O–H groups in total. The van der Waals surface area contributed by atoms with Crippen LogP contribution < -0.4 is 10.6 Å². The van der Waals surface area contributed by atoms with Crippen molar-refractivity contribution >= 4 is 22.0 Å². The van der Waals surface area contributed by atoms with Crippen molar-refractivity contribution in [2.45, 2.75) is 18.9 Å². The topological polar surface area (TPSA) is 73.3 Å². The second-order valence-electron chi connectivity index (χ2n) is 4.15. The summed E-state index contributed by atoms with van der Waals surface area (Å²) in [6.07, 6.45) is 0.757. The first-order chi connectivity index (χ1) is 7.02. The van der Waals surface area contributed by atoms with Crippen molar-refractivity contribution in [3.63, 3.8) is 0 Å². The lowest BCUT2D eigenvalue weighted by Crippen LogP contribution is -2.29. The molecule has 1 atom stereocenters. The smallest absolute Gasteiger partial charge is 0.129 e. The van der Waals surface area contributed by atoms with Crippen LogP contribution in [0.2, 0.25) is 0 Å². The Kier molecular flexibility index (Phi) is 2.33. The van der Waals surface area contributed by atoms with Gasteiger partial charge in [-0.25, -0.2) is 0 Å². The first-order valence-corrected chi connectivity index (χ1v) is 5.60. The highest BCUT2D eigenvalue weighted by atomic mass is 32.1. The molecule has 0 radical (unpaired) electrons. The maximum absolute atomic E-state index is 9.83. The first-order valence-electron chi connectivity index (χ1n) is 4.78. The van der Waals surface area contributed by atoms with Gasteiger partial charge in [-0.3, -0.25) is 0 Å². The van der Waals surface area contributed by atoms with E-state index in [9.17, 15) is 5.11 Å². The van der Waals surface area contributed by atoms with Crippen molar-refractivity contribution < 1.29 is 5.11 Å². The monoisotopic (exact) mass is 223 g/mol. The maximum atomic E-state index is 9.83. The van der Waals surface area contributed by atoms with Gasteiger partial charge in [-0.1, -0.05) is 0 Å². The summed E-state index contributed by atoms with van der Waals surface area (Å²) < 4.78 is 0. The van der Waals surface area contributed by atoms with Gasteiger partial charge < -0.3 is 15.7 Å². The number of thiophene rings is 1. The number of nitriles is 1. The molecular weight excluding hydrogens is 210 g/mol. The molecule has 15 heavy (non-hydrogen) atoms. The lowest BCUT2D eigenvalue weighted by Gasteiger charge is -2.18. The summed E-state index contributed by atoms with van der Waals surface area (Å²) in [6, 6.07) is 3.87. The van der Waals surface area contributed by atoms with Crippen molar-refractivity contribution in [3.8, 4) is 6.07 Å². The number of nitrogen functional groups attached to an aromatic ring is 1. The Bertz CT molecular complexity index is 419. The van der Waals surface area contributed by atoms with Gasteiger partial charge in [0.05, 0.1) is 16.3 Å². The van der Waals surface area contributed by atoms with Crippen LogP contribution in [0.4, 0.5) is 10.7 Å². The predicted molar refractivity (Wildman–Crippen MR) is 60.9 cm³/mol. The lowest BCUT2D eigenvalue weighted by atomic mass is 10.1. The van der Waals surface area contributed by atoms with E-state index < -0.39 is 5.60 Å². The third kappa shape index (κ3) is 1.91. The number of aliphatic hydroxyl groups is 1. The third-order valence-corrected chi connectivity index (χ3v) is 3.73. The number of anilines is 2. The number of rotatable bonds is 1. The minimum absolute atomic E-state index is 0.532. The highest BCUT2D eigenvalue weighted by molar-refractivity contribution is 7.17. The van der Waals surface area contributed by atoms with Crippen LogP contribution in [-0.4, -0.2) is 23.8 Å². The molecule has 0 spiro atoms. The van der Waals surface area contributed by atoms with Gasteiger partial charge in [-0.05, 0) is 19.4 Å². The Balaban J connectivity index is 2.22. The SMILES string of the molecule is CC1(O)CCN(c2cc(N)c(C#N)s2)C1. The molecule has 1 aromatic heterocycles. The van der Waals surface area contributed by atoms with Crippen LogP contribution in [0, 0.1) is 11.3 Å². The van der Waals surface area contributed by atoms with Gasteiger partial charge in [0.25, 0.3) is 0 Å². The molecular formula is C10H13N3OS. The highest BCUT2D eigenvalue weighted by Gasteiger charge is 2.32. The van der Waals surface area contributed by atoms with Crippen molar-refractivity contribution in [2.24, 2.45) is 0 Å². The van der Waals surface area contributed by atoms with Gasteiger partial charge >= 0.3 is 0 Å². The fraction of sp³-hybridized carbons (Fsp3) is 0.500. The van der Waals surface area contributed by atoms with E-state index in [0.717, 1.165) is 18.0 Å². The van der Waals surface area contributed by atoms with E-state index in [1.54, 1.807) is 0 Å². The minimum atomic E-state index is -0.619. The van der Waals surface area contributed by atoms with Crippen LogP contribution >= 0.6 is 11.3 Å². The Morgan fingerprint density at radius 3 is 2.93 bits per heavy atom. The number of hydrogen-bond acceptors (Lipinski definition) is 5. The summed E-state index contributed by atoms with van der Waals surface area (Å²) in [5.41, 5.74) is 5.60. The number of nitrogens with two attached hydrogens (primary N) is 1. The molecule has 0 aliphatic carbocycles. The highest BCUT2D eigenvalue weighted by Crippen LogP contribution is 2.35. The third-order valence-electron chi connectivity index (χ3n) is 2.61. The van der Waals surface area contributed by atoms with Crippen LogP contribution in [0.5, 0.6) is 0 Å². The zero-order valence-corrected chi connectivity index (χ0v) is 9.34. The summed E-state index contributed by atoms with van der Waals surface area (Å²) in [7, 11) is 0. The van der Waals surface area contributed by atoms with Crippen molar-refractivity contribution in [1.82, 2.24) is 0 Å². The molecule has 1 aromatic rings. The van der Waals surface area contributed by atoms with Crippen LogP contribution in [0.25, 0.3) is 0 Å². The van der Waals surface area contributed by atoms with E-state index in [1.807, 2.05) is 13.0 Å². The normalized spacial score (nSPS) is 25.5. The van der Waals surface area contributed by atoms with Crippen LogP contribution in [0.15, 0.2) is 6.07 Å². The molecule has 0 bridgehead atoms. The Morgan fingerprint density at radius 2 is 2.47 bits per heavy atom. The van der Waals surface area contributed by atoms with Gasteiger partial charge in [0, 0.05) is 13.1 Å². The van der Waals surface area contributed by atoms with Crippen LogP contribution in [0.1, 0.15) is 18.2 Å². The molecule has 1 aliphatic rings. The van der Waals surface area contributed by atoms with Gasteiger partial charge in [0.2, 0.25) is 0 Å². The quantitative estimate of drug-likeness (QED) is 0.749. The van der Waals surface area contributed by atoms with Gasteiger partial charge in [0.15, 0.2) is 0 Å². The van der Waals surface area contributed by atoms with Crippen LogP contribution in [-0.2, 0) is 0 Å². The molecule has 2 heterocycles. The molecule has 2 rings (SSSR count). The summed E-state index contributed by atoms with van der Waals surface area (Å²) in [5.74, 6) is 0. The average molecular weight is 223 g/mol. The number of hydrogen-bond donors (Lipinski definition) is 2. The van der Waals surface area contributed by atoms with Crippen molar-refractivity contribution in [1.29, 1.82) is 5.26 Å². The molecule has 0 aromatic carbocycles. The molecule has 1 fully saturated rings. The largest absolute Gasteiger partial charge is 0.397 e. The number of nitrogens with zero attached hydrogens (tertiary/aromatic N) is 2. The second-order valence-corrected chi connectivity index (χ2v) is 5.18. The average Bonchev–Trinajstić information content (AvgIpc) is 2.69. The molecule has 1 aliphatic heterocycles. The lowest BCUT2D eigenvalue weighted by molar-refractivity contribution is 0.0840. The Hall–Kier alpha value is -1.25. The molecule has 1 unspecified atom stereocenters. The van der Waals surface area contributed by atoms with E-state index in [4.69, 9.17) is 11.0 Å². The molecule has 5 heteroatoms. The van der Waals surface area contributed by atoms with E-state index in [1.165, 1.54) is 11.3 Å². The zero-order valence-electron chi connectivity index (χ0n) is 8.53. The molecule has 0 saturated carbocycles. The molecule has 80 valence electrons. The van der Waals surface area contributed by atoms with E-state index >= 15 is 0 Å². The second kappa shape index (κ2) is 3.40. The number of β-amino-alcohol motifs (C(OH)–C–C–N with tert-alkyl or cyclic N) is 1. The van der Waals surface area contributed by atoms with Crippen LogP contribution in [0.3, 0.4) is 0 Å². The Labute approximate surface area is 92.5 Å². The Morgan fingerprint density at radius 1 is 1.73 bits per heavy atom. The molecule has 0 amide bonds. The minimum Gasteiger partial charge on any atom is -0.397 e. The van der Waals surface area contributed by atoms with Crippen molar-refractivity contribution in [3.05, 3.63) is 10.9 Å². The fourth-order valence-corrected chi connectivity index (χ4v) is 2.67. The summed E-state index contributed by atoms with van der Waals surface area (Å²) in [4.78, 5) is 2.62. The standard InChI is InChI=1S/C10H13N3OS/c1-10(14)2-3-13(6-10)9-4-7(12)8(5-11)15-9/h4,14H,2-3,6,12H2,1H3. The van der Waals surface area contributed by atoms with E-state index in [2.05, 4.69) is 11.0 Å². The van der Waals surface area contributed by atoms with Crippen molar-refractivity contribution in [2.75, 3.05) is 23.7 Å². The zero-order chi connectivity index (χ0) is 11.1. The van der Waals surface area contributed by atoms with Gasteiger partial charge in [-0.2, -0.15) is 5.26 Å². The van der Waals surface area contributed by atoms with Gasteiger partial charge in [0.1, 0.15) is 10.9 Å². The van der Waals surface area contributed by atoms with E-state index in [-0.39, 0.29) is 0 Å². The molecule has 4 nitrogen and oxygen atoms in total. The molecule has 1 saturated heterocycles. The van der Waals surface area contributed by atoms with Gasteiger partial charge in [-0.15, -0.1) is 11.3 Å². The maximum Gasteiger partial charge on any atom is 0.129 e.